The van der Waals surface area contributed by atoms with Crippen molar-refractivity contribution in [2.24, 2.45) is 17.6 Å². The largest absolute Gasteiger partial charge is 0.327 e. The third-order valence-corrected chi connectivity index (χ3v) is 3.16. The predicted molar refractivity (Wildman–Crippen MR) is 58.6 cm³/mol. The van der Waals surface area contributed by atoms with Crippen molar-refractivity contribution in [3.63, 3.8) is 0 Å². The van der Waals surface area contributed by atoms with Gasteiger partial charge < -0.3 is 5.73 Å². The summed E-state index contributed by atoms with van der Waals surface area (Å²) >= 11 is 0. The lowest BCUT2D eigenvalue weighted by molar-refractivity contribution is 0.324. The minimum atomic E-state index is 0.751. The third-order valence-electron chi connectivity index (χ3n) is 3.16. The first-order valence-electron chi connectivity index (χ1n) is 5.65. The fourth-order valence-corrected chi connectivity index (χ4v) is 2.30. The van der Waals surface area contributed by atoms with Crippen molar-refractivity contribution in [1.82, 2.24) is 0 Å². The Bertz CT molecular complexity index is 166. The molecule has 0 spiro atoms. The maximum absolute atomic E-state index is 5.67. The van der Waals surface area contributed by atoms with Gasteiger partial charge in [-0.05, 0) is 31.1 Å². The standard InChI is InChI=1S/C12H23N/c1-3-11(9-13)8-12-6-4-5-10(2)7-12/h8,10,12H,3-7,9,13H2,1-2H3/b11-8+. The summed E-state index contributed by atoms with van der Waals surface area (Å²) < 4.78 is 0. The lowest BCUT2D eigenvalue weighted by Crippen LogP contribution is -2.13. The summed E-state index contributed by atoms with van der Waals surface area (Å²) in [6.45, 7) is 5.32. The first-order valence-corrected chi connectivity index (χ1v) is 5.65. The van der Waals surface area contributed by atoms with Crippen LogP contribution in [0.15, 0.2) is 11.6 Å². The van der Waals surface area contributed by atoms with E-state index in [1.807, 2.05) is 0 Å². The highest BCUT2D eigenvalue weighted by atomic mass is 14.5. The smallest absolute Gasteiger partial charge is 0.0136 e. The van der Waals surface area contributed by atoms with Crippen molar-refractivity contribution < 1.29 is 0 Å². The van der Waals surface area contributed by atoms with Gasteiger partial charge in [0.15, 0.2) is 0 Å². The first-order chi connectivity index (χ1) is 6.26. The van der Waals surface area contributed by atoms with Gasteiger partial charge in [0.05, 0.1) is 0 Å². The van der Waals surface area contributed by atoms with Crippen LogP contribution in [0.4, 0.5) is 0 Å². The number of nitrogens with two attached hydrogens (primary N) is 1. The molecule has 1 heteroatoms. The molecule has 0 saturated heterocycles. The van der Waals surface area contributed by atoms with E-state index in [1.165, 1.54) is 31.3 Å². The quantitative estimate of drug-likeness (QED) is 0.665. The summed E-state index contributed by atoms with van der Waals surface area (Å²) in [5.41, 5.74) is 7.11. The Labute approximate surface area is 82.4 Å². The highest BCUT2D eigenvalue weighted by Gasteiger charge is 2.16. The van der Waals surface area contributed by atoms with Crippen LogP contribution in [0.5, 0.6) is 0 Å². The second-order valence-electron chi connectivity index (χ2n) is 4.41. The van der Waals surface area contributed by atoms with Gasteiger partial charge in [-0.2, -0.15) is 0 Å². The van der Waals surface area contributed by atoms with E-state index in [0.717, 1.165) is 24.8 Å². The molecule has 1 nitrogen and oxygen atoms in total. The first kappa shape index (κ1) is 10.8. The molecule has 1 aliphatic carbocycles. The van der Waals surface area contributed by atoms with Crippen molar-refractivity contribution in [3.05, 3.63) is 11.6 Å². The van der Waals surface area contributed by atoms with E-state index in [4.69, 9.17) is 5.73 Å². The predicted octanol–water partition coefficient (Wildman–Crippen LogP) is 3.11. The second-order valence-corrected chi connectivity index (χ2v) is 4.41. The number of hydrogen-bond donors (Lipinski definition) is 1. The normalized spacial score (nSPS) is 30.5. The fourth-order valence-electron chi connectivity index (χ4n) is 2.30. The van der Waals surface area contributed by atoms with Gasteiger partial charge >= 0.3 is 0 Å². The van der Waals surface area contributed by atoms with Crippen molar-refractivity contribution in [2.45, 2.75) is 46.0 Å². The van der Waals surface area contributed by atoms with Gasteiger partial charge in [-0.15, -0.1) is 0 Å². The van der Waals surface area contributed by atoms with Crippen molar-refractivity contribution in [1.29, 1.82) is 0 Å². The molecule has 1 rings (SSSR count). The summed E-state index contributed by atoms with van der Waals surface area (Å²) in [5, 5.41) is 0. The number of rotatable bonds is 3. The molecule has 1 fully saturated rings. The molecular weight excluding hydrogens is 158 g/mol. The Kier molecular flexibility index (Phi) is 4.51. The molecule has 0 aromatic heterocycles. The van der Waals surface area contributed by atoms with Crippen molar-refractivity contribution in [3.8, 4) is 0 Å². The Hall–Kier alpha value is -0.300. The Morgan fingerprint density at radius 2 is 2.23 bits per heavy atom. The van der Waals surface area contributed by atoms with Gasteiger partial charge in [0, 0.05) is 6.54 Å². The Morgan fingerprint density at radius 1 is 1.46 bits per heavy atom. The molecular formula is C12H23N. The Balaban J connectivity index is 2.46. The lowest BCUT2D eigenvalue weighted by Gasteiger charge is -2.25. The lowest BCUT2D eigenvalue weighted by atomic mass is 9.81. The molecule has 0 aliphatic heterocycles. The maximum atomic E-state index is 5.67. The van der Waals surface area contributed by atoms with E-state index in [9.17, 15) is 0 Å². The minimum Gasteiger partial charge on any atom is -0.327 e. The van der Waals surface area contributed by atoms with Gasteiger partial charge in [0.2, 0.25) is 0 Å². The van der Waals surface area contributed by atoms with E-state index in [1.54, 1.807) is 0 Å². The van der Waals surface area contributed by atoms with Crippen LogP contribution in [0.3, 0.4) is 0 Å². The third kappa shape index (κ3) is 3.51. The zero-order valence-corrected chi connectivity index (χ0v) is 9.05. The Morgan fingerprint density at radius 3 is 2.77 bits per heavy atom. The van der Waals surface area contributed by atoms with Crippen LogP contribution >= 0.6 is 0 Å². The van der Waals surface area contributed by atoms with Crippen LogP contribution in [0.25, 0.3) is 0 Å². The highest BCUT2D eigenvalue weighted by molar-refractivity contribution is 5.05. The fraction of sp³-hybridized carbons (Fsp3) is 0.833. The molecule has 76 valence electrons. The van der Waals surface area contributed by atoms with Gasteiger partial charge in [0.1, 0.15) is 0 Å². The molecule has 0 radical (unpaired) electrons. The summed E-state index contributed by atoms with van der Waals surface area (Å²) in [6, 6.07) is 0. The van der Waals surface area contributed by atoms with E-state index in [-0.39, 0.29) is 0 Å². The van der Waals surface area contributed by atoms with E-state index in [0.29, 0.717) is 0 Å². The molecule has 2 unspecified atom stereocenters. The topological polar surface area (TPSA) is 26.0 Å². The van der Waals surface area contributed by atoms with E-state index >= 15 is 0 Å². The van der Waals surface area contributed by atoms with Crippen LogP contribution in [-0.4, -0.2) is 6.54 Å². The minimum absolute atomic E-state index is 0.751. The van der Waals surface area contributed by atoms with E-state index < -0.39 is 0 Å². The molecule has 0 aromatic carbocycles. The van der Waals surface area contributed by atoms with Crippen LogP contribution in [0.2, 0.25) is 0 Å². The molecule has 0 bridgehead atoms. The number of hydrogen-bond acceptors (Lipinski definition) is 1. The van der Waals surface area contributed by atoms with Crippen LogP contribution in [0.1, 0.15) is 46.0 Å². The summed E-state index contributed by atoms with van der Waals surface area (Å²) in [6.07, 6.45) is 9.16. The van der Waals surface area contributed by atoms with Gasteiger partial charge in [-0.3, -0.25) is 0 Å². The van der Waals surface area contributed by atoms with Crippen LogP contribution < -0.4 is 5.73 Å². The average Bonchev–Trinajstić information content (AvgIpc) is 2.14. The van der Waals surface area contributed by atoms with Gasteiger partial charge in [-0.1, -0.05) is 38.3 Å². The summed E-state index contributed by atoms with van der Waals surface area (Å²) in [7, 11) is 0. The van der Waals surface area contributed by atoms with E-state index in [2.05, 4.69) is 19.9 Å². The highest BCUT2D eigenvalue weighted by Crippen LogP contribution is 2.30. The summed E-state index contributed by atoms with van der Waals surface area (Å²) in [5.74, 6) is 1.74. The SMILES string of the molecule is CC/C(=C\C1CCCC(C)C1)CN. The summed E-state index contributed by atoms with van der Waals surface area (Å²) in [4.78, 5) is 0. The van der Waals surface area contributed by atoms with Crippen molar-refractivity contribution >= 4 is 0 Å². The molecule has 0 aromatic rings. The molecule has 0 heterocycles. The molecule has 0 amide bonds. The molecule has 1 aliphatic rings. The monoisotopic (exact) mass is 181 g/mol. The molecule has 13 heavy (non-hydrogen) atoms. The molecule has 1 saturated carbocycles. The average molecular weight is 181 g/mol. The zero-order valence-electron chi connectivity index (χ0n) is 9.05. The van der Waals surface area contributed by atoms with Crippen LogP contribution in [0, 0.1) is 11.8 Å². The number of allylic oxidation sites excluding steroid dienone is 1. The molecule has 2 N–H and O–H groups in total. The maximum Gasteiger partial charge on any atom is 0.0136 e. The van der Waals surface area contributed by atoms with Crippen LogP contribution in [-0.2, 0) is 0 Å². The van der Waals surface area contributed by atoms with Crippen molar-refractivity contribution in [2.75, 3.05) is 6.54 Å². The second kappa shape index (κ2) is 5.43. The molecule has 2 atom stereocenters. The zero-order chi connectivity index (χ0) is 9.68. The van der Waals surface area contributed by atoms with Gasteiger partial charge in [-0.25, -0.2) is 0 Å². The van der Waals surface area contributed by atoms with Gasteiger partial charge in [0.25, 0.3) is 0 Å².